The van der Waals surface area contributed by atoms with Crippen molar-refractivity contribution in [3.8, 4) is 0 Å². The van der Waals surface area contributed by atoms with Gasteiger partial charge in [-0.1, -0.05) is 6.92 Å². The Morgan fingerprint density at radius 1 is 1.50 bits per heavy atom. The molecule has 2 saturated heterocycles. The van der Waals surface area contributed by atoms with Crippen LogP contribution in [-0.4, -0.2) is 42.8 Å². The number of ether oxygens (including phenoxy) is 1. The molecular weight excluding hydrogens is 411 g/mol. The average Bonchev–Trinajstić information content (AvgIpc) is 3.22. The van der Waals surface area contributed by atoms with Crippen molar-refractivity contribution in [3.05, 3.63) is 16.1 Å². The number of nitrogens with one attached hydrogen (secondary N) is 2. The summed E-state index contributed by atoms with van der Waals surface area (Å²) in [6.45, 7) is 3.02. The van der Waals surface area contributed by atoms with Crippen molar-refractivity contribution < 1.29 is 4.74 Å². The van der Waals surface area contributed by atoms with E-state index in [0.29, 0.717) is 18.2 Å². The molecule has 124 valence electrons. The zero-order valence-electron chi connectivity index (χ0n) is 13.2. The predicted molar refractivity (Wildman–Crippen MR) is 101 cm³/mol. The summed E-state index contributed by atoms with van der Waals surface area (Å²) in [7, 11) is 1.82. The number of nitrogens with zero attached hydrogens (tertiary/aromatic N) is 2. The molecule has 2 aliphatic rings. The number of guanidine groups is 1. The van der Waals surface area contributed by atoms with Crippen molar-refractivity contribution in [3.63, 3.8) is 0 Å². The minimum atomic E-state index is 0. The third-order valence-electron chi connectivity index (χ3n) is 4.23. The van der Waals surface area contributed by atoms with Gasteiger partial charge in [0.1, 0.15) is 0 Å². The van der Waals surface area contributed by atoms with Gasteiger partial charge >= 0.3 is 0 Å². The maximum absolute atomic E-state index is 5.87. The molecule has 1 aromatic heterocycles. The number of rotatable bonds is 5. The van der Waals surface area contributed by atoms with Crippen LogP contribution in [0.25, 0.3) is 0 Å². The highest BCUT2D eigenvalue weighted by molar-refractivity contribution is 14.0. The zero-order chi connectivity index (χ0) is 14.7. The van der Waals surface area contributed by atoms with Crippen molar-refractivity contribution in [2.75, 3.05) is 13.6 Å². The molecule has 0 aromatic carbocycles. The van der Waals surface area contributed by atoms with Gasteiger partial charge in [-0.2, -0.15) is 0 Å². The molecule has 3 atom stereocenters. The van der Waals surface area contributed by atoms with E-state index in [1.165, 1.54) is 22.7 Å². The van der Waals surface area contributed by atoms with Crippen LogP contribution >= 0.6 is 35.3 Å². The van der Waals surface area contributed by atoms with E-state index in [0.717, 1.165) is 31.8 Å². The molecule has 2 N–H and O–H groups in total. The second kappa shape index (κ2) is 8.44. The lowest BCUT2D eigenvalue weighted by atomic mass is 9.96. The molecule has 0 amide bonds. The molecule has 22 heavy (non-hydrogen) atoms. The molecule has 2 aliphatic heterocycles. The number of fused-ring (bicyclic) bond motifs is 2. The third kappa shape index (κ3) is 4.32. The minimum absolute atomic E-state index is 0. The number of aliphatic imine (C=N–C) groups is 1. The highest BCUT2D eigenvalue weighted by Crippen LogP contribution is 2.34. The van der Waals surface area contributed by atoms with Gasteiger partial charge in [-0.05, 0) is 25.7 Å². The van der Waals surface area contributed by atoms with Gasteiger partial charge in [-0.25, -0.2) is 4.98 Å². The molecule has 0 saturated carbocycles. The Kier molecular flexibility index (Phi) is 6.88. The number of halogens is 1. The fourth-order valence-electron chi connectivity index (χ4n) is 3.07. The first kappa shape index (κ1) is 17.9. The van der Waals surface area contributed by atoms with E-state index < -0.39 is 0 Å². The first-order chi connectivity index (χ1) is 10.3. The summed E-state index contributed by atoms with van der Waals surface area (Å²) in [5.74, 6) is 0.878. The highest BCUT2D eigenvalue weighted by atomic mass is 127. The van der Waals surface area contributed by atoms with Gasteiger partial charge in [-0.3, -0.25) is 4.99 Å². The average molecular weight is 436 g/mol. The number of hydrogen-bond donors (Lipinski definition) is 2. The Hall–Kier alpha value is -0.410. The summed E-state index contributed by atoms with van der Waals surface area (Å²) < 4.78 is 5.87. The van der Waals surface area contributed by atoms with Gasteiger partial charge in [0.15, 0.2) is 5.96 Å². The number of hydrogen-bond acceptors (Lipinski definition) is 4. The molecule has 2 fully saturated rings. The Labute approximate surface area is 153 Å². The van der Waals surface area contributed by atoms with Crippen LogP contribution in [0.1, 0.15) is 36.1 Å². The molecule has 1 aromatic rings. The third-order valence-corrected chi connectivity index (χ3v) is 5.43. The Bertz CT molecular complexity index is 507. The van der Waals surface area contributed by atoms with Crippen molar-refractivity contribution in [1.82, 2.24) is 15.6 Å². The second-order valence-corrected chi connectivity index (χ2v) is 6.88. The topological polar surface area (TPSA) is 58.5 Å². The van der Waals surface area contributed by atoms with Crippen molar-refractivity contribution >= 4 is 41.3 Å². The monoisotopic (exact) mass is 436 g/mol. The molecular formula is C15H25IN4OS. The summed E-state index contributed by atoms with van der Waals surface area (Å²) in [4.78, 5) is 10.1. The van der Waals surface area contributed by atoms with Crippen LogP contribution in [0.15, 0.2) is 11.2 Å². The van der Waals surface area contributed by atoms with E-state index in [-0.39, 0.29) is 24.0 Å². The molecule has 5 nitrogen and oxygen atoms in total. The van der Waals surface area contributed by atoms with E-state index >= 15 is 0 Å². The van der Waals surface area contributed by atoms with Crippen LogP contribution in [0.4, 0.5) is 0 Å². The molecule has 3 rings (SSSR count). The summed E-state index contributed by atoms with van der Waals surface area (Å²) in [6.07, 6.45) is 8.35. The van der Waals surface area contributed by atoms with Crippen LogP contribution in [0.3, 0.4) is 0 Å². The standard InChI is InChI=1S/C15H24N4OS.HI/c1-3-11-9-18-14(21-11)6-7-17-15(16-2)19-12-8-10-4-5-13(12)20-10;/h9-10,12-13H,3-8H2,1-2H3,(H2,16,17,19);1H. The molecule has 3 unspecified atom stereocenters. The highest BCUT2D eigenvalue weighted by Gasteiger charge is 2.41. The molecule has 7 heteroatoms. The maximum Gasteiger partial charge on any atom is 0.191 e. The Morgan fingerprint density at radius 3 is 2.95 bits per heavy atom. The van der Waals surface area contributed by atoms with Crippen LogP contribution in [0.5, 0.6) is 0 Å². The quantitative estimate of drug-likeness (QED) is 0.423. The van der Waals surface area contributed by atoms with Gasteiger partial charge in [0, 0.05) is 31.1 Å². The van der Waals surface area contributed by atoms with Crippen LogP contribution in [-0.2, 0) is 17.6 Å². The maximum atomic E-state index is 5.87. The van der Waals surface area contributed by atoms with E-state index in [4.69, 9.17) is 4.74 Å². The molecule has 0 radical (unpaired) electrons. The largest absolute Gasteiger partial charge is 0.373 e. The zero-order valence-corrected chi connectivity index (χ0v) is 16.3. The van der Waals surface area contributed by atoms with Crippen LogP contribution in [0, 0.1) is 0 Å². The van der Waals surface area contributed by atoms with Gasteiger partial charge in [-0.15, -0.1) is 35.3 Å². The molecule has 0 spiro atoms. The van der Waals surface area contributed by atoms with Gasteiger partial charge in [0.2, 0.25) is 0 Å². The van der Waals surface area contributed by atoms with Crippen molar-refractivity contribution in [2.45, 2.75) is 57.3 Å². The van der Waals surface area contributed by atoms with Gasteiger partial charge in [0.05, 0.1) is 23.3 Å². The molecule has 0 aliphatic carbocycles. The normalized spacial score (nSPS) is 26.8. The smallest absolute Gasteiger partial charge is 0.191 e. The van der Waals surface area contributed by atoms with E-state index in [1.807, 2.05) is 13.2 Å². The van der Waals surface area contributed by atoms with Gasteiger partial charge in [0.25, 0.3) is 0 Å². The predicted octanol–water partition coefficient (Wildman–Crippen LogP) is 2.35. The number of aromatic nitrogens is 1. The Morgan fingerprint density at radius 2 is 2.36 bits per heavy atom. The van der Waals surface area contributed by atoms with E-state index in [2.05, 4.69) is 27.5 Å². The lowest BCUT2D eigenvalue weighted by Gasteiger charge is -2.22. The van der Waals surface area contributed by atoms with Crippen molar-refractivity contribution in [1.29, 1.82) is 0 Å². The van der Waals surface area contributed by atoms with E-state index in [1.54, 1.807) is 11.3 Å². The first-order valence-corrected chi connectivity index (χ1v) is 8.66. The minimum Gasteiger partial charge on any atom is -0.373 e. The van der Waals surface area contributed by atoms with E-state index in [9.17, 15) is 0 Å². The molecule has 2 bridgehead atoms. The van der Waals surface area contributed by atoms with Crippen LogP contribution in [0.2, 0.25) is 0 Å². The summed E-state index contributed by atoms with van der Waals surface area (Å²) >= 11 is 1.80. The summed E-state index contributed by atoms with van der Waals surface area (Å²) in [6, 6.07) is 0.418. The lowest BCUT2D eigenvalue weighted by Crippen LogP contribution is -2.47. The lowest BCUT2D eigenvalue weighted by molar-refractivity contribution is 0.0992. The van der Waals surface area contributed by atoms with Crippen LogP contribution < -0.4 is 10.6 Å². The fourth-order valence-corrected chi connectivity index (χ4v) is 3.94. The number of aryl methyl sites for hydroxylation is 1. The molecule has 3 heterocycles. The van der Waals surface area contributed by atoms with Gasteiger partial charge < -0.3 is 15.4 Å². The fraction of sp³-hybridized carbons (Fsp3) is 0.733. The first-order valence-electron chi connectivity index (χ1n) is 7.84. The Balaban J connectivity index is 0.00000176. The summed E-state index contributed by atoms with van der Waals surface area (Å²) in [5.41, 5.74) is 0. The summed E-state index contributed by atoms with van der Waals surface area (Å²) in [5, 5.41) is 8.07. The second-order valence-electron chi connectivity index (χ2n) is 5.68. The SMILES string of the molecule is CCc1cnc(CCNC(=NC)NC2CC3CCC2O3)s1.I. The number of thiazole rings is 1. The van der Waals surface area contributed by atoms with Crippen molar-refractivity contribution in [2.24, 2.45) is 4.99 Å².